The summed E-state index contributed by atoms with van der Waals surface area (Å²) in [6.07, 6.45) is 0.146. The number of carbonyl (C=O) groups is 2. The third-order valence-electron chi connectivity index (χ3n) is 4.90. The Morgan fingerprint density at radius 1 is 1.17 bits per heavy atom. The molecule has 7 heteroatoms. The lowest BCUT2D eigenvalue weighted by atomic mass is 10.1. The molecule has 1 aliphatic heterocycles. The van der Waals surface area contributed by atoms with Crippen molar-refractivity contribution in [2.75, 3.05) is 18.5 Å². The largest absolute Gasteiger partial charge is 0.494 e. The summed E-state index contributed by atoms with van der Waals surface area (Å²) >= 11 is 1.33. The van der Waals surface area contributed by atoms with Crippen LogP contribution < -0.4 is 10.1 Å². The Labute approximate surface area is 181 Å². The van der Waals surface area contributed by atoms with E-state index in [4.69, 9.17) is 4.74 Å². The number of aryl methyl sites for hydroxylation is 2. The molecule has 0 bridgehead atoms. The highest BCUT2D eigenvalue weighted by Gasteiger charge is 2.35. The fraction of sp³-hybridized carbons (Fsp3) is 0.348. The van der Waals surface area contributed by atoms with E-state index < -0.39 is 5.25 Å². The van der Waals surface area contributed by atoms with Gasteiger partial charge in [0.1, 0.15) is 11.0 Å². The van der Waals surface area contributed by atoms with Crippen molar-refractivity contribution in [2.45, 2.75) is 39.4 Å². The van der Waals surface area contributed by atoms with Crippen LogP contribution in [0.3, 0.4) is 0 Å². The van der Waals surface area contributed by atoms with E-state index in [9.17, 15) is 9.59 Å². The van der Waals surface area contributed by atoms with Crippen LogP contribution in [0.25, 0.3) is 0 Å². The molecule has 2 aromatic carbocycles. The summed E-state index contributed by atoms with van der Waals surface area (Å²) in [5.74, 6) is 0.450. The average Bonchev–Trinajstić information content (AvgIpc) is 2.72. The van der Waals surface area contributed by atoms with Gasteiger partial charge < -0.3 is 10.1 Å². The smallest absolute Gasteiger partial charge is 0.238 e. The molecule has 0 saturated carbocycles. The van der Waals surface area contributed by atoms with Gasteiger partial charge in [-0.25, -0.2) is 4.99 Å². The third kappa shape index (κ3) is 5.21. The van der Waals surface area contributed by atoms with Gasteiger partial charge in [0, 0.05) is 18.7 Å². The van der Waals surface area contributed by atoms with E-state index in [0.717, 1.165) is 17.0 Å². The van der Waals surface area contributed by atoms with Crippen LogP contribution in [0.1, 0.15) is 31.4 Å². The molecule has 6 nitrogen and oxygen atoms in total. The van der Waals surface area contributed by atoms with Gasteiger partial charge in [0.05, 0.1) is 12.3 Å². The van der Waals surface area contributed by atoms with E-state index in [1.807, 2.05) is 58.0 Å². The maximum absolute atomic E-state index is 12.8. The standard InChI is InChI=1S/C23H27N3O3S/c1-5-26-21(27)14-20(22(28)24-17-9-11-19(12-10-17)29-6-2)30-23(26)25-18-8-7-15(3)16(4)13-18/h7-13,20H,5-6,14H2,1-4H3,(H,24,28). The van der Waals surface area contributed by atoms with Gasteiger partial charge in [0.25, 0.3) is 0 Å². The quantitative estimate of drug-likeness (QED) is 0.729. The highest BCUT2D eigenvalue weighted by Crippen LogP contribution is 2.30. The zero-order chi connectivity index (χ0) is 21.7. The van der Waals surface area contributed by atoms with Crippen molar-refractivity contribution in [3.05, 3.63) is 53.6 Å². The van der Waals surface area contributed by atoms with Crippen molar-refractivity contribution < 1.29 is 14.3 Å². The van der Waals surface area contributed by atoms with Crippen molar-refractivity contribution in [1.29, 1.82) is 0 Å². The maximum Gasteiger partial charge on any atom is 0.238 e. The number of amidine groups is 1. The Hall–Kier alpha value is -2.80. The molecular formula is C23H27N3O3S. The predicted molar refractivity (Wildman–Crippen MR) is 123 cm³/mol. The molecule has 2 aromatic rings. The van der Waals surface area contributed by atoms with Crippen LogP contribution >= 0.6 is 11.8 Å². The summed E-state index contributed by atoms with van der Waals surface area (Å²) in [6, 6.07) is 13.1. The summed E-state index contributed by atoms with van der Waals surface area (Å²) < 4.78 is 5.42. The molecule has 0 spiro atoms. The van der Waals surface area contributed by atoms with Crippen molar-refractivity contribution in [3.8, 4) is 5.75 Å². The predicted octanol–water partition coefficient (Wildman–Crippen LogP) is 4.68. The fourth-order valence-electron chi connectivity index (χ4n) is 3.08. The molecule has 0 aliphatic carbocycles. The number of hydrogen-bond acceptors (Lipinski definition) is 5. The van der Waals surface area contributed by atoms with Crippen LogP contribution in [0, 0.1) is 13.8 Å². The fourth-order valence-corrected chi connectivity index (χ4v) is 4.24. The van der Waals surface area contributed by atoms with Crippen molar-refractivity contribution in [3.63, 3.8) is 0 Å². The summed E-state index contributed by atoms with van der Waals surface area (Å²) in [6.45, 7) is 9.01. The van der Waals surface area contributed by atoms with E-state index in [1.165, 1.54) is 17.3 Å². The average molecular weight is 426 g/mol. The highest BCUT2D eigenvalue weighted by molar-refractivity contribution is 8.15. The van der Waals surface area contributed by atoms with E-state index in [2.05, 4.69) is 10.3 Å². The number of benzene rings is 2. The number of hydrogen-bond donors (Lipinski definition) is 1. The van der Waals surface area contributed by atoms with Gasteiger partial charge in [-0.15, -0.1) is 0 Å². The van der Waals surface area contributed by atoms with Crippen molar-refractivity contribution in [2.24, 2.45) is 4.99 Å². The SMILES string of the molecule is CCOc1ccc(NC(=O)C2CC(=O)N(CC)C(=Nc3ccc(C)c(C)c3)S2)cc1. The first-order chi connectivity index (χ1) is 14.4. The number of nitrogens with zero attached hydrogens (tertiary/aromatic N) is 2. The molecule has 1 heterocycles. The molecule has 0 aromatic heterocycles. The van der Waals surface area contributed by atoms with Crippen LogP contribution in [-0.4, -0.2) is 40.3 Å². The minimum absolute atomic E-state index is 0.0920. The number of nitrogens with one attached hydrogen (secondary N) is 1. The molecule has 1 saturated heterocycles. The van der Waals surface area contributed by atoms with Crippen LogP contribution in [0.2, 0.25) is 0 Å². The van der Waals surface area contributed by atoms with Gasteiger partial charge in [-0.2, -0.15) is 0 Å². The molecule has 1 fully saturated rings. The maximum atomic E-state index is 12.8. The number of amides is 2. The van der Waals surface area contributed by atoms with Gasteiger partial charge in [0.15, 0.2) is 5.17 Å². The molecule has 1 unspecified atom stereocenters. The molecule has 3 rings (SSSR count). The Morgan fingerprint density at radius 3 is 2.53 bits per heavy atom. The van der Waals surface area contributed by atoms with Gasteiger partial charge >= 0.3 is 0 Å². The molecule has 1 N–H and O–H groups in total. The van der Waals surface area contributed by atoms with Gasteiger partial charge in [0.2, 0.25) is 11.8 Å². The van der Waals surface area contributed by atoms with E-state index in [0.29, 0.717) is 24.0 Å². The Kier molecular flexibility index (Phi) is 7.15. The van der Waals surface area contributed by atoms with E-state index >= 15 is 0 Å². The van der Waals surface area contributed by atoms with Gasteiger partial charge in [-0.1, -0.05) is 17.8 Å². The molecule has 158 valence electrons. The normalized spacial score (nSPS) is 17.9. The molecule has 1 atom stereocenters. The number of rotatable bonds is 6. The van der Waals surface area contributed by atoms with Crippen molar-refractivity contribution in [1.82, 2.24) is 4.90 Å². The van der Waals surface area contributed by atoms with Crippen LogP contribution in [0.5, 0.6) is 5.75 Å². The number of ether oxygens (including phenoxy) is 1. The Balaban J connectivity index is 1.77. The topological polar surface area (TPSA) is 71.0 Å². The molecule has 2 amide bonds. The molecular weight excluding hydrogens is 398 g/mol. The second-order valence-corrected chi connectivity index (χ2v) is 8.23. The minimum atomic E-state index is -0.530. The number of thioether (sulfide) groups is 1. The first kappa shape index (κ1) is 21.9. The lowest BCUT2D eigenvalue weighted by Crippen LogP contribution is -2.45. The zero-order valence-electron chi connectivity index (χ0n) is 17.8. The Bertz CT molecular complexity index is 957. The number of anilines is 1. The second kappa shape index (κ2) is 9.80. The highest BCUT2D eigenvalue weighted by atomic mass is 32.2. The monoisotopic (exact) mass is 425 g/mol. The summed E-state index contributed by atoms with van der Waals surface area (Å²) in [7, 11) is 0. The van der Waals surface area contributed by atoms with E-state index in [1.54, 1.807) is 17.0 Å². The van der Waals surface area contributed by atoms with Crippen LogP contribution in [0.15, 0.2) is 47.5 Å². The van der Waals surface area contributed by atoms with Crippen molar-refractivity contribution >= 4 is 40.1 Å². The first-order valence-corrected chi connectivity index (χ1v) is 11.0. The first-order valence-electron chi connectivity index (χ1n) is 10.1. The molecule has 1 aliphatic rings. The second-order valence-electron chi connectivity index (χ2n) is 7.06. The lowest BCUT2D eigenvalue weighted by Gasteiger charge is -2.31. The van der Waals surface area contributed by atoms with E-state index in [-0.39, 0.29) is 18.2 Å². The zero-order valence-corrected chi connectivity index (χ0v) is 18.6. The summed E-state index contributed by atoms with van der Waals surface area (Å²) in [4.78, 5) is 31.8. The molecule has 30 heavy (non-hydrogen) atoms. The molecule has 0 radical (unpaired) electrons. The Morgan fingerprint density at radius 2 is 1.90 bits per heavy atom. The number of aliphatic imine (C=N–C) groups is 1. The van der Waals surface area contributed by atoms with Gasteiger partial charge in [-0.3, -0.25) is 14.5 Å². The summed E-state index contributed by atoms with van der Waals surface area (Å²) in [5, 5.41) is 2.92. The van der Waals surface area contributed by atoms with Crippen LogP contribution in [0.4, 0.5) is 11.4 Å². The van der Waals surface area contributed by atoms with Gasteiger partial charge in [-0.05, 0) is 75.2 Å². The summed E-state index contributed by atoms with van der Waals surface area (Å²) in [5.41, 5.74) is 3.77. The minimum Gasteiger partial charge on any atom is -0.494 e. The number of carbonyl (C=O) groups excluding carboxylic acids is 2. The third-order valence-corrected chi connectivity index (χ3v) is 6.08. The lowest BCUT2D eigenvalue weighted by molar-refractivity contribution is -0.129. The van der Waals surface area contributed by atoms with Crippen LogP contribution in [-0.2, 0) is 9.59 Å².